The summed E-state index contributed by atoms with van der Waals surface area (Å²) in [5, 5.41) is 3.80. The highest BCUT2D eigenvalue weighted by molar-refractivity contribution is 9.10. The molecule has 0 aliphatic carbocycles. The van der Waals surface area contributed by atoms with Crippen molar-refractivity contribution in [3.8, 4) is 5.75 Å². The molecule has 2 amide bonds. The highest BCUT2D eigenvalue weighted by atomic mass is 79.9. The summed E-state index contributed by atoms with van der Waals surface area (Å²) in [7, 11) is 0. The molecular weight excluding hydrogens is 515 g/mol. The van der Waals surface area contributed by atoms with Gasteiger partial charge in [-0.3, -0.25) is 9.59 Å². The van der Waals surface area contributed by atoms with E-state index >= 15 is 0 Å². The lowest BCUT2D eigenvalue weighted by molar-refractivity contribution is -0.143. The van der Waals surface area contributed by atoms with Crippen molar-refractivity contribution < 1.29 is 14.3 Å². The van der Waals surface area contributed by atoms with Crippen LogP contribution in [0.4, 0.5) is 0 Å². The molecule has 0 saturated carbocycles. The van der Waals surface area contributed by atoms with Crippen molar-refractivity contribution in [1.82, 2.24) is 10.2 Å². The van der Waals surface area contributed by atoms with E-state index in [1.807, 2.05) is 46.8 Å². The molecule has 174 valence electrons. The summed E-state index contributed by atoms with van der Waals surface area (Å²) in [6.45, 7) is 9.54. The Balaban J connectivity index is 2.27. The lowest BCUT2D eigenvalue weighted by Gasteiger charge is -2.33. The number of amides is 2. The van der Waals surface area contributed by atoms with Crippen LogP contribution < -0.4 is 10.1 Å². The van der Waals surface area contributed by atoms with Gasteiger partial charge in [-0.05, 0) is 75.6 Å². The quantitative estimate of drug-likeness (QED) is 0.433. The number of ether oxygens (including phenoxy) is 1. The van der Waals surface area contributed by atoms with Crippen molar-refractivity contribution in [3.05, 3.63) is 62.0 Å². The third-order valence-corrected chi connectivity index (χ3v) is 6.34. The largest absolute Gasteiger partial charge is 0.484 e. The standard InChI is InChI=1S/C24H29BrCl2N2O3/c1-6-21(23(31)28-24(3,4)5)29(13-16-7-10-19(26)20(27)12-16)22(30)14-32-17-8-9-18(25)15(2)11-17/h7-12,21H,6,13-14H2,1-5H3,(H,28,31)/t21-/m1/s1. The minimum absolute atomic E-state index is 0.193. The lowest BCUT2D eigenvalue weighted by atomic mass is 10.1. The van der Waals surface area contributed by atoms with Crippen molar-refractivity contribution >= 4 is 50.9 Å². The van der Waals surface area contributed by atoms with Gasteiger partial charge in [0.05, 0.1) is 10.0 Å². The molecule has 1 N–H and O–H groups in total. The first-order valence-corrected chi connectivity index (χ1v) is 11.9. The molecule has 0 radical (unpaired) electrons. The maximum atomic E-state index is 13.2. The normalized spacial score (nSPS) is 12.2. The van der Waals surface area contributed by atoms with E-state index in [2.05, 4.69) is 21.2 Å². The third-order valence-electron chi connectivity index (χ3n) is 4.71. The van der Waals surface area contributed by atoms with E-state index in [0.29, 0.717) is 22.2 Å². The van der Waals surface area contributed by atoms with Crippen LogP contribution in [-0.4, -0.2) is 34.9 Å². The van der Waals surface area contributed by atoms with Crippen LogP contribution in [0.15, 0.2) is 40.9 Å². The first-order valence-electron chi connectivity index (χ1n) is 10.4. The van der Waals surface area contributed by atoms with Crippen molar-refractivity contribution in [2.45, 2.75) is 59.2 Å². The van der Waals surface area contributed by atoms with E-state index in [-0.39, 0.29) is 25.0 Å². The van der Waals surface area contributed by atoms with E-state index in [1.54, 1.807) is 24.3 Å². The molecule has 0 fully saturated rings. The predicted octanol–water partition coefficient (Wildman–Crippen LogP) is 6.17. The minimum Gasteiger partial charge on any atom is -0.484 e. The smallest absolute Gasteiger partial charge is 0.261 e. The molecule has 0 unspecified atom stereocenters. The van der Waals surface area contributed by atoms with Crippen LogP contribution in [0.2, 0.25) is 10.0 Å². The Morgan fingerprint density at radius 1 is 1.12 bits per heavy atom. The Morgan fingerprint density at radius 2 is 1.81 bits per heavy atom. The highest BCUT2D eigenvalue weighted by Crippen LogP contribution is 2.25. The molecule has 1 atom stereocenters. The van der Waals surface area contributed by atoms with Crippen molar-refractivity contribution in [1.29, 1.82) is 0 Å². The van der Waals surface area contributed by atoms with E-state index < -0.39 is 11.6 Å². The van der Waals surface area contributed by atoms with Gasteiger partial charge in [0.25, 0.3) is 5.91 Å². The van der Waals surface area contributed by atoms with E-state index in [0.717, 1.165) is 15.6 Å². The summed E-state index contributed by atoms with van der Waals surface area (Å²) in [6, 6.07) is 10.0. The molecule has 0 spiro atoms. The number of hydrogen-bond donors (Lipinski definition) is 1. The molecule has 2 aromatic carbocycles. The second kappa shape index (κ2) is 11.4. The summed E-state index contributed by atoms with van der Waals surface area (Å²) in [5.74, 6) is 0.0705. The van der Waals surface area contributed by atoms with Gasteiger partial charge in [-0.25, -0.2) is 0 Å². The minimum atomic E-state index is -0.661. The summed E-state index contributed by atoms with van der Waals surface area (Å²) in [6.07, 6.45) is 0.451. The summed E-state index contributed by atoms with van der Waals surface area (Å²) < 4.78 is 6.71. The predicted molar refractivity (Wildman–Crippen MR) is 133 cm³/mol. The van der Waals surface area contributed by atoms with Gasteiger partial charge in [-0.15, -0.1) is 0 Å². The zero-order valence-electron chi connectivity index (χ0n) is 19.0. The molecule has 2 aromatic rings. The van der Waals surface area contributed by atoms with Crippen LogP contribution in [0.5, 0.6) is 5.75 Å². The van der Waals surface area contributed by atoms with Crippen molar-refractivity contribution in [3.63, 3.8) is 0 Å². The number of hydrogen-bond acceptors (Lipinski definition) is 3. The molecule has 0 aliphatic rings. The van der Waals surface area contributed by atoms with Crippen molar-refractivity contribution in [2.75, 3.05) is 6.61 Å². The van der Waals surface area contributed by atoms with Crippen molar-refractivity contribution in [2.24, 2.45) is 0 Å². The molecule has 0 bridgehead atoms. The van der Waals surface area contributed by atoms with Gasteiger partial charge in [0.2, 0.25) is 5.91 Å². The second-order valence-corrected chi connectivity index (χ2v) is 10.3. The van der Waals surface area contributed by atoms with Crippen LogP contribution in [-0.2, 0) is 16.1 Å². The SMILES string of the molecule is CC[C@H](C(=O)NC(C)(C)C)N(Cc1ccc(Cl)c(Cl)c1)C(=O)COc1ccc(Br)c(C)c1. The van der Waals surface area contributed by atoms with E-state index in [1.165, 1.54) is 4.90 Å². The Labute approximate surface area is 208 Å². The van der Waals surface area contributed by atoms with Crippen LogP contribution in [0, 0.1) is 6.92 Å². The van der Waals surface area contributed by atoms with E-state index in [9.17, 15) is 9.59 Å². The monoisotopic (exact) mass is 542 g/mol. The summed E-state index contributed by atoms with van der Waals surface area (Å²) >= 11 is 15.7. The molecule has 5 nitrogen and oxygen atoms in total. The number of halogens is 3. The average molecular weight is 544 g/mol. The van der Waals surface area contributed by atoms with Gasteiger partial charge >= 0.3 is 0 Å². The molecule has 8 heteroatoms. The molecule has 0 saturated heterocycles. The Hall–Kier alpha value is -1.76. The van der Waals surface area contributed by atoms with E-state index in [4.69, 9.17) is 27.9 Å². The molecule has 2 rings (SSSR count). The maximum absolute atomic E-state index is 13.2. The summed E-state index contributed by atoms with van der Waals surface area (Å²) in [4.78, 5) is 27.8. The molecule has 0 heterocycles. The number of rotatable bonds is 8. The first-order chi connectivity index (χ1) is 14.9. The van der Waals surface area contributed by atoms with Crippen LogP contribution in [0.1, 0.15) is 45.2 Å². The molecular formula is C24H29BrCl2N2O3. The van der Waals surface area contributed by atoms with Crippen LogP contribution in [0.25, 0.3) is 0 Å². The van der Waals surface area contributed by atoms with Crippen LogP contribution in [0.3, 0.4) is 0 Å². The number of carbonyl (C=O) groups excluding carboxylic acids is 2. The van der Waals surface area contributed by atoms with Gasteiger partial charge in [0, 0.05) is 16.6 Å². The number of nitrogens with zero attached hydrogens (tertiary/aromatic N) is 1. The van der Waals surface area contributed by atoms with Gasteiger partial charge in [0.15, 0.2) is 6.61 Å². The average Bonchev–Trinajstić information content (AvgIpc) is 2.69. The molecule has 32 heavy (non-hydrogen) atoms. The third kappa shape index (κ3) is 7.68. The second-order valence-electron chi connectivity index (χ2n) is 8.63. The Kier molecular flexibility index (Phi) is 9.43. The number of carbonyl (C=O) groups is 2. The zero-order chi connectivity index (χ0) is 24.1. The molecule has 0 aromatic heterocycles. The number of aryl methyl sites for hydroxylation is 1. The van der Waals surface area contributed by atoms with Gasteiger partial charge < -0.3 is 15.0 Å². The zero-order valence-corrected chi connectivity index (χ0v) is 22.1. The first kappa shape index (κ1) is 26.5. The lowest BCUT2D eigenvalue weighted by Crippen LogP contribution is -2.54. The number of benzene rings is 2. The summed E-state index contributed by atoms with van der Waals surface area (Å²) in [5.41, 5.74) is 1.35. The molecule has 0 aliphatic heterocycles. The Morgan fingerprint density at radius 3 is 2.38 bits per heavy atom. The van der Waals surface area contributed by atoms with Gasteiger partial charge in [-0.2, -0.15) is 0 Å². The fourth-order valence-electron chi connectivity index (χ4n) is 3.14. The van der Waals surface area contributed by atoms with Gasteiger partial charge in [0.1, 0.15) is 11.8 Å². The maximum Gasteiger partial charge on any atom is 0.261 e. The van der Waals surface area contributed by atoms with Crippen LogP contribution >= 0.6 is 39.1 Å². The fourth-order valence-corrected chi connectivity index (χ4v) is 3.71. The Bertz CT molecular complexity index is 976. The number of nitrogens with one attached hydrogen (secondary N) is 1. The highest BCUT2D eigenvalue weighted by Gasteiger charge is 2.31. The van der Waals surface area contributed by atoms with Gasteiger partial charge in [-0.1, -0.05) is 52.1 Å². The fraction of sp³-hybridized carbons (Fsp3) is 0.417. The topological polar surface area (TPSA) is 58.6 Å².